The van der Waals surface area contributed by atoms with E-state index in [1.54, 1.807) is 0 Å². The van der Waals surface area contributed by atoms with Gasteiger partial charge in [0.1, 0.15) is 11.2 Å². The lowest BCUT2D eigenvalue weighted by Gasteiger charge is -2.14. The van der Waals surface area contributed by atoms with Crippen LogP contribution in [-0.2, 0) is 0 Å². The first kappa shape index (κ1) is 38.5. The summed E-state index contributed by atoms with van der Waals surface area (Å²) in [5, 5.41) is 6.95. The van der Waals surface area contributed by atoms with Crippen LogP contribution in [0.5, 0.6) is 0 Å². The lowest BCUT2D eigenvalue weighted by atomic mass is 9.96. The van der Waals surface area contributed by atoms with E-state index < -0.39 is 0 Å². The average molecular weight is 853 g/mol. The van der Waals surface area contributed by atoms with Crippen molar-refractivity contribution in [2.45, 2.75) is 13.8 Å². The summed E-state index contributed by atoms with van der Waals surface area (Å²) < 4.78 is 11.2. The molecule has 0 atom stereocenters. The molecule has 0 bridgehead atoms. The first-order chi connectivity index (χ1) is 32.2. The second-order valence-electron chi connectivity index (χ2n) is 16.0. The molecule has 0 fully saturated rings. The fraction of sp³-hybridized carbons (Fsp3) is 0.0339. The molecule has 0 spiro atoms. The minimum absolute atomic E-state index is 0.537. The minimum atomic E-state index is 0.537. The van der Waals surface area contributed by atoms with Gasteiger partial charge in [0.05, 0.1) is 11.0 Å². The summed E-state index contributed by atoms with van der Waals surface area (Å²) >= 11 is 1.86. The zero-order valence-corrected chi connectivity index (χ0v) is 36.6. The Labute approximate surface area is 379 Å². The highest BCUT2D eigenvalue weighted by Gasteiger charge is 2.22. The minimum Gasteiger partial charge on any atom is -0.456 e. The van der Waals surface area contributed by atoms with E-state index >= 15 is 0 Å². The number of fused-ring (bicyclic) bond motifs is 9. The molecule has 13 aromatic rings. The first-order valence-corrected chi connectivity index (χ1v) is 22.9. The SMILES string of the molecule is CC.c1ccc(-c2ccc3c(c2)c2cccc(-c4cccc(-c5cccc6c5sc5ccccc56)c4)c2n3-c2nc(-c3ccccc3)nc(-c3ccc4c(c3)oc3ccccc34)n2)cc1. The molecule has 0 aliphatic carbocycles. The number of thiophene rings is 1. The third kappa shape index (κ3) is 6.49. The predicted octanol–water partition coefficient (Wildman–Crippen LogP) is 16.6. The van der Waals surface area contributed by atoms with Gasteiger partial charge in [-0.15, -0.1) is 11.3 Å². The van der Waals surface area contributed by atoms with E-state index in [-0.39, 0.29) is 0 Å². The van der Waals surface area contributed by atoms with Crippen molar-refractivity contribution in [2.75, 3.05) is 0 Å². The molecule has 65 heavy (non-hydrogen) atoms. The van der Waals surface area contributed by atoms with Crippen molar-refractivity contribution in [1.82, 2.24) is 19.5 Å². The number of hydrogen-bond acceptors (Lipinski definition) is 5. The molecule has 0 amide bonds. The first-order valence-electron chi connectivity index (χ1n) is 22.1. The topological polar surface area (TPSA) is 56.7 Å². The second-order valence-corrected chi connectivity index (χ2v) is 17.0. The lowest BCUT2D eigenvalue weighted by Crippen LogP contribution is -2.07. The Morgan fingerprint density at radius 1 is 0.385 bits per heavy atom. The van der Waals surface area contributed by atoms with Gasteiger partial charge >= 0.3 is 0 Å². The van der Waals surface area contributed by atoms with E-state index in [0.29, 0.717) is 17.6 Å². The largest absolute Gasteiger partial charge is 0.456 e. The molecule has 4 aromatic heterocycles. The van der Waals surface area contributed by atoms with E-state index in [1.165, 1.54) is 31.3 Å². The van der Waals surface area contributed by atoms with Gasteiger partial charge in [-0.3, -0.25) is 4.57 Å². The number of aromatic nitrogens is 4. The third-order valence-electron chi connectivity index (χ3n) is 12.3. The summed E-state index contributed by atoms with van der Waals surface area (Å²) in [5.74, 6) is 1.69. The molecule has 5 nitrogen and oxygen atoms in total. The van der Waals surface area contributed by atoms with Crippen LogP contribution in [-0.4, -0.2) is 19.5 Å². The fourth-order valence-electron chi connectivity index (χ4n) is 9.32. The summed E-state index contributed by atoms with van der Waals surface area (Å²) in [7, 11) is 0. The second kappa shape index (κ2) is 15.9. The van der Waals surface area contributed by atoms with Gasteiger partial charge in [0.2, 0.25) is 5.95 Å². The summed E-state index contributed by atoms with van der Waals surface area (Å²) in [6.07, 6.45) is 0. The Bertz CT molecular complexity index is 3920. The monoisotopic (exact) mass is 852 g/mol. The van der Waals surface area contributed by atoms with Crippen LogP contribution in [0.15, 0.2) is 211 Å². The Morgan fingerprint density at radius 2 is 0.985 bits per heavy atom. The van der Waals surface area contributed by atoms with Crippen molar-refractivity contribution < 1.29 is 4.42 Å². The van der Waals surface area contributed by atoms with Gasteiger partial charge in [0.25, 0.3) is 0 Å². The standard InChI is InChI=1S/C57H34N4OS.C2H6/c1-3-14-35(15-4-1)37-29-31-49-48(33-37)46-24-12-22-41(38-18-11-19-39(32-38)42-23-13-25-47-45-21-8-10-27-52(45)63-54(42)47)53(46)61(49)57-59-55(36-16-5-2-6-17-36)58-56(60-57)40-28-30-44-43-20-7-9-26-50(43)62-51(44)34-40;1-2/h1-34H;1-2H3. The maximum Gasteiger partial charge on any atom is 0.238 e. The summed E-state index contributed by atoms with van der Waals surface area (Å²) in [6, 6.07) is 72.8. The van der Waals surface area contributed by atoms with Crippen molar-refractivity contribution in [3.05, 3.63) is 206 Å². The molecule has 0 aliphatic rings. The number of rotatable bonds is 6. The van der Waals surface area contributed by atoms with Crippen molar-refractivity contribution in [2.24, 2.45) is 0 Å². The molecule has 0 N–H and O–H groups in total. The van der Waals surface area contributed by atoms with Crippen LogP contribution in [0.1, 0.15) is 13.8 Å². The van der Waals surface area contributed by atoms with Gasteiger partial charge in [-0.1, -0.05) is 178 Å². The van der Waals surface area contributed by atoms with Gasteiger partial charge in [-0.25, -0.2) is 4.98 Å². The molecular formula is C59H40N4OS. The molecule has 0 unspecified atom stereocenters. The van der Waals surface area contributed by atoms with Gasteiger partial charge in [0, 0.05) is 58.4 Å². The third-order valence-corrected chi connectivity index (χ3v) is 13.5. The molecule has 9 aromatic carbocycles. The Balaban J connectivity index is 0.00000219. The fourth-order valence-corrected chi connectivity index (χ4v) is 10.6. The molecule has 0 radical (unpaired) electrons. The summed E-state index contributed by atoms with van der Waals surface area (Å²) in [4.78, 5) is 15.8. The molecule has 4 heterocycles. The van der Waals surface area contributed by atoms with Crippen LogP contribution in [0, 0.1) is 0 Å². The number of nitrogens with zero attached hydrogens (tertiary/aromatic N) is 4. The van der Waals surface area contributed by atoms with Crippen molar-refractivity contribution in [1.29, 1.82) is 0 Å². The zero-order chi connectivity index (χ0) is 43.4. The quantitative estimate of drug-likeness (QED) is 0.167. The molecule has 0 aliphatic heterocycles. The number of hydrogen-bond donors (Lipinski definition) is 0. The van der Waals surface area contributed by atoms with Crippen LogP contribution in [0.2, 0.25) is 0 Å². The van der Waals surface area contributed by atoms with E-state index in [9.17, 15) is 0 Å². The van der Waals surface area contributed by atoms with E-state index in [2.05, 4.69) is 174 Å². The van der Waals surface area contributed by atoms with Crippen LogP contribution >= 0.6 is 11.3 Å². The maximum absolute atomic E-state index is 6.36. The highest BCUT2D eigenvalue weighted by Crippen LogP contribution is 2.43. The van der Waals surface area contributed by atoms with Gasteiger partial charge in [-0.05, 0) is 70.3 Å². The predicted molar refractivity (Wildman–Crippen MR) is 273 cm³/mol. The number of benzene rings is 9. The molecule has 0 saturated heterocycles. The molecule has 0 saturated carbocycles. The molecule has 308 valence electrons. The van der Waals surface area contributed by atoms with Crippen LogP contribution in [0.3, 0.4) is 0 Å². The maximum atomic E-state index is 6.36. The van der Waals surface area contributed by atoms with Gasteiger partial charge in [0.15, 0.2) is 11.6 Å². The van der Waals surface area contributed by atoms with Crippen LogP contribution in [0.4, 0.5) is 0 Å². The lowest BCUT2D eigenvalue weighted by molar-refractivity contribution is 0.669. The van der Waals surface area contributed by atoms with Crippen molar-refractivity contribution >= 4 is 75.3 Å². The number of para-hydroxylation sites is 2. The Morgan fingerprint density at radius 3 is 1.80 bits per heavy atom. The van der Waals surface area contributed by atoms with E-state index in [0.717, 1.165) is 77.1 Å². The van der Waals surface area contributed by atoms with Gasteiger partial charge < -0.3 is 4.42 Å². The smallest absolute Gasteiger partial charge is 0.238 e. The average Bonchev–Trinajstić information content (AvgIpc) is 4.07. The normalized spacial score (nSPS) is 11.5. The summed E-state index contributed by atoms with van der Waals surface area (Å²) in [5.41, 5.74) is 12.3. The van der Waals surface area contributed by atoms with Crippen LogP contribution < -0.4 is 0 Å². The van der Waals surface area contributed by atoms with Crippen molar-refractivity contribution in [3.63, 3.8) is 0 Å². The van der Waals surface area contributed by atoms with E-state index in [1.807, 2.05) is 61.6 Å². The molecular weight excluding hydrogens is 813 g/mol. The van der Waals surface area contributed by atoms with Gasteiger partial charge in [-0.2, -0.15) is 9.97 Å². The highest BCUT2D eigenvalue weighted by molar-refractivity contribution is 7.26. The Kier molecular flexibility index (Phi) is 9.39. The molecule has 13 rings (SSSR count). The highest BCUT2D eigenvalue weighted by atomic mass is 32.1. The summed E-state index contributed by atoms with van der Waals surface area (Å²) in [6.45, 7) is 4.00. The van der Waals surface area contributed by atoms with Crippen LogP contribution in [0.25, 0.3) is 126 Å². The number of furan rings is 1. The molecule has 6 heteroatoms. The zero-order valence-electron chi connectivity index (χ0n) is 35.7. The van der Waals surface area contributed by atoms with E-state index in [4.69, 9.17) is 19.4 Å². The van der Waals surface area contributed by atoms with Crippen molar-refractivity contribution in [3.8, 4) is 62.1 Å². The Hall–Kier alpha value is -8.19.